The van der Waals surface area contributed by atoms with Gasteiger partial charge in [-0.2, -0.15) is 5.26 Å². The minimum atomic E-state index is 0.315. The molecule has 18 heavy (non-hydrogen) atoms. The summed E-state index contributed by atoms with van der Waals surface area (Å²) in [4.78, 5) is 8.38. The van der Waals surface area contributed by atoms with Crippen molar-refractivity contribution in [2.24, 2.45) is 0 Å². The second-order valence-corrected chi connectivity index (χ2v) is 3.66. The molecule has 0 amide bonds. The lowest BCUT2D eigenvalue weighted by Gasteiger charge is -2.09. The molecule has 0 radical (unpaired) electrons. The quantitative estimate of drug-likeness (QED) is 0.822. The molecule has 0 fully saturated rings. The van der Waals surface area contributed by atoms with Gasteiger partial charge in [-0.3, -0.25) is 0 Å². The van der Waals surface area contributed by atoms with E-state index < -0.39 is 0 Å². The fraction of sp³-hybridized carbons (Fsp3) is 0.214. The van der Waals surface area contributed by atoms with Gasteiger partial charge in [0.25, 0.3) is 0 Å². The lowest BCUT2D eigenvalue weighted by molar-refractivity contribution is 0.337. The van der Waals surface area contributed by atoms with Gasteiger partial charge >= 0.3 is 0 Å². The van der Waals surface area contributed by atoms with E-state index >= 15 is 0 Å². The van der Waals surface area contributed by atoms with Crippen LogP contribution in [0, 0.1) is 11.3 Å². The molecule has 4 nitrogen and oxygen atoms in total. The normalized spacial score (nSPS) is 9.78. The van der Waals surface area contributed by atoms with Crippen LogP contribution in [0.25, 0.3) is 11.4 Å². The fourth-order valence-corrected chi connectivity index (χ4v) is 1.69. The van der Waals surface area contributed by atoms with Gasteiger partial charge in [0, 0.05) is 23.5 Å². The van der Waals surface area contributed by atoms with Gasteiger partial charge in [0.05, 0.1) is 19.1 Å². The van der Waals surface area contributed by atoms with Gasteiger partial charge in [-0.15, -0.1) is 0 Å². The summed E-state index contributed by atoms with van der Waals surface area (Å²) in [5.74, 6) is 1.40. The van der Waals surface area contributed by atoms with Gasteiger partial charge < -0.3 is 4.74 Å². The van der Waals surface area contributed by atoms with E-state index in [2.05, 4.69) is 16.0 Å². The molecule has 0 atom stereocenters. The van der Waals surface area contributed by atoms with Gasteiger partial charge in [-0.1, -0.05) is 0 Å². The van der Waals surface area contributed by atoms with Crippen molar-refractivity contribution in [1.82, 2.24) is 9.97 Å². The van der Waals surface area contributed by atoms with Crippen molar-refractivity contribution in [3.05, 3.63) is 42.2 Å². The molecule has 4 heteroatoms. The van der Waals surface area contributed by atoms with Gasteiger partial charge in [0.15, 0.2) is 5.82 Å². The van der Waals surface area contributed by atoms with Gasteiger partial charge in [-0.05, 0) is 31.2 Å². The second kappa shape index (κ2) is 5.78. The maximum Gasteiger partial charge on any atom is 0.159 e. The molecule has 0 bridgehead atoms. The van der Waals surface area contributed by atoms with E-state index in [1.165, 1.54) is 0 Å². The highest BCUT2D eigenvalue weighted by Crippen LogP contribution is 2.25. The van der Waals surface area contributed by atoms with Crippen LogP contribution in [-0.2, 0) is 6.42 Å². The topological polar surface area (TPSA) is 58.8 Å². The van der Waals surface area contributed by atoms with Crippen LogP contribution in [-0.4, -0.2) is 16.6 Å². The number of ether oxygens (including phenoxy) is 1. The zero-order chi connectivity index (χ0) is 12.8. The van der Waals surface area contributed by atoms with Crippen LogP contribution in [0.3, 0.4) is 0 Å². The third-order valence-electron chi connectivity index (χ3n) is 2.45. The van der Waals surface area contributed by atoms with E-state index in [1.807, 2.05) is 25.1 Å². The average molecular weight is 239 g/mol. The molecule has 90 valence electrons. The molecule has 1 aromatic heterocycles. The molecule has 2 rings (SSSR count). The Bertz CT molecular complexity index is 561. The standard InChI is InChI=1S/C14H13N3O/c1-2-18-13-5-4-12(10-11(13)6-7-15)14-16-8-3-9-17-14/h3-5,8-10H,2,6H2,1H3. The SMILES string of the molecule is CCOc1ccc(-c2ncccn2)cc1CC#N. The maximum absolute atomic E-state index is 8.84. The largest absolute Gasteiger partial charge is 0.494 e. The van der Waals surface area contributed by atoms with Crippen LogP contribution in [0.1, 0.15) is 12.5 Å². The Morgan fingerprint density at radius 2 is 2.06 bits per heavy atom. The number of rotatable bonds is 4. The van der Waals surface area contributed by atoms with Crippen LogP contribution in [0.15, 0.2) is 36.7 Å². The van der Waals surface area contributed by atoms with Crippen LogP contribution < -0.4 is 4.74 Å². The van der Waals surface area contributed by atoms with E-state index in [9.17, 15) is 0 Å². The lowest BCUT2D eigenvalue weighted by Crippen LogP contribution is -1.97. The molecule has 0 spiro atoms. The monoisotopic (exact) mass is 239 g/mol. The van der Waals surface area contributed by atoms with Gasteiger partial charge in [0.2, 0.25) is 0 Å². The van der Waals surface area contributed by atoms with Gasteiger partial charge in [0.1, 0.15) is 5.75 Å². The highest BCUT2D eigenvalue weighted by atomic mass is 16.5. The van der Waals surface area contributed by atoms with E-state index in [-0.39, 0.29) is 0 Å². The predicted octanol–water partition coefficient (Wildman–Crippen LogP) is 2.61. The molecule has 0 N–H and O–H groups in total. The lowest BCUT2D eigenvalue weighted by atomic mass is 10.1. The molecular weight excluding hydrogens is 226 g/mol. The minimum Gasteiger partial charge on any atom is -0.494 e. The molecule has 0 saturated carbocycles. The Kier molecular flexibility index (Phi) is 3.87. The Morgan fingerprint density at radius 3 is 2.72 bits per heavy atom. The van der Waals surface area contributed by atoms with Crippen LogP contribution in [0.5, 0.6) is 5.75 Å². The van der Waals surface area contributed by atoms with Crippen molar-refractivity contribution in [3.63, 3.8) is 0 Å². The molecule has 0 aliphatic rings. The molecule has 1 heterocycles. The smallest absolute Gasteiger partial charge is 0.159 e. The summed E-state index contributed by atoms with van der Waals surface area (Å²) >= 11 is 0. The zero-order valence-electron chi connectivity index (χ0n) is 10.1. The number of hydrogen-bond donors (Lipinski definition) is 0. The summed E-state index contributed by atoms with van der Waals surface area (Å²) in [6.45, 7) is 2.50. The highest BCUT2D eigenvalue weighted by molar-refractivity contribution is 5.58. The first-order chi connectivity index (χ1) is 8.85. The summed E-state index contributed by atoms with van der Waals surface area (Å²) < 4.78 is 5.49. The number of benzene rings is 1. The third-order valence-corrected chi connectivity index (χ3v) is 2.45. The summed E-state index contributed by atoms with van der Waals surface area (Å²) in [7, 11) is 0. The second-order valence-electron chi connectivity index (χ2n) is 3.66. The van der Waals surface area contributed by atoms with Gasteiger partial charge in [-0.25, -0.2) is 9.97 Å². The molecule has 1 aromatic carbocycles. The van der Waals surface area contributed by atoms with E-state index in [1.54, 1.807) is 18.5 Å². The number of nitriles is 1. The predicted molar refractivity (Wildman–Crippen MR) is 68.0 cm³/mol. The van der Waals surface area contributed by atoms with Crippen LogP contribution in [0.4, 0.5) is 0 Å². The van der Waals surface area contributed by atoms with E-state index in [4.69, 9.17) is 10.00 Å². The van der Waals surface area contributed by atoms with E-state index in [0.717, 1.165) is 16.9 Å². The average Bonchev–Trinajstić information content (AvgIpc) is 2.42. The maximum atomic E-state index is 8.84. The summed E-state index contributed by atoms with van der Waals surface area (Å²) in [5, 5.41) is 8.84. The molecule has 0 unspecified atom stereocenters. The van der Waals surface area contributed by atoms with Crippen molar-refractivity contribution in [3.8, 4) is 23.2 Å². The van der Waals surface area contributed by atoms with Crippen LogP contribution >= 0.6 is 0 Å². The fourth-order valence-electron chi connectivity index (χ4n) is 1.69. The Hall–Kier alpha value is -2.41. The van der Waals surface area contributed by atoms with Crippen molar-refractivity contribution < 1.29 is 4.74 Å². The number of hydrogen-bond acceptors (Lipinski definition) is 4. The Labute approximate surface area is 106 Å². The first-order valence-electron chi connectivity index (χ1n) is 5.75. The summed E-state index contributed by atoms with van der Waals surface area (Å²) in [5.41, 5.74) is 1.76. The van der Waals surface area contributed by atoms with E-state index in [0.29, 0.717) is 18.9 Å². The van der Waals surface area contributed by atoms with Crippen molar-refractivity contribution >= 4 is 0 Å². The third kappa shape index (κ3) is 2.64. The van der Waals surface area contributed by atoms with Crippen molar-refractivity contribution in [2.75, 3.05) is 6.61 Å². The summed E-state index contributed by atoms with van der Waals surface area (Å²) in [6, 6.07) is 9.59. The first-order valence-corrected chi connectivity index (χ1v) is 5.75. The summed E-state index contributed by atoms with van der Waals surface area (Å²) in [6.07, 6.45) is 3.71. The van der Waals surface area contributed by atoms with Crippen molar-refractivity contribution in [1.29, 1.82) is 5.26 Å². The molecule has 0 saturated heterocycles. The Balaban J connectivity index is 2.40. The first kappa shape index (κ1) is 12.1. The molecule has 0 aliphatic carbocycles. The number of aromatic nitrogens is 2. The van der Waals surface area contributed by atoms with Crippen LogP contribution in [0.2, 0.25) is 0 Å². The van der Waals surface area contributed by atoms with Crippen molar-refractivity contribution in [2.45, 2.75) is 13.3 Å². The number of nitrogens with zero attached hydrogens (tertiary/aromatic N) is 3. The Morgan fingerprint density at radius 1 is 1.28 bits per heavy atom. The zero-order valence-corrected chi connectivity index (χ0v) is 10.1. The highest BCUT2D eigenvalue weighted by Gasteiger charge is 2.07. The molecule has 0 aliphatic heterocycles. The molecule has 2 aromatic rings. The molecular formula is C14H13N3O. The minimum absolute atomic E-state index is 0.315.